The van der Waals surface area contributed by atoms with E-state index in [9.17, 15) is 0 Å². The van der Waals surface area contributed by atoms with Gasteiger partial charge in [-0.25, -0.2) is 0 Å². The van der Waals surface area contributed by atoms with Crippen molar-refractivity contribution in [2.45, 2.75) is 26.2 Å². The number of nitrogens with one attached hydrogen (secondary N) is 1. The van der Waals surface area contributed by atoms with Crippen LogP contribution < -0.4 is 10.5 Å². The SMILES string of the molecule is CCCOc1ccc(CCc2cccc(C(=N)N)c2)cc1. The summed E-state index contributed by atoms with van der Waals surface area (Å²) in [5, 5.41) is 7.47. The maximum atomic E-state index is 7.47. The molecular weight excluding hydrogens is 260 g/mol. The van der Waals surface area contributed by atoms with Crippen LogP contribution in [0.25, 0.3) is 0 Å². The van der Waals surface area contributed by atoms with E-state index in [1.807, 2.05) is 30.3 Å². The fourth-order valence-corrected chi connectivity index (χ4v) is 2.16. The standard InChI is InChI=1S/C18H22N2O/c1-2-12-21-17-10-8-14(9-11-17)6-7-15-4-3-5-16(13-15)18(19)20/h3-5,8-11,13H,2,6-7,12H2,1H3,(H3,19,20). The van der Waals surface area contributed by atoms with Crippen molar-refractivity contribution in [1.82, 2.24) is 0 Å². The highest BCUT2D eigenvalue weighted by Gasteiger charge is 2.00. The Labute approximate surface area is 126 Å². The van der Waals surface area contributed by atoms with E-state index in [2.05, 4.69) is 25.1 Å². The summed E-state index contributed by atoms with van der Waals surface area (Å²) in [7, 11) is 0. The highest BCUT2D eigenvalue weighted by Crippen LogP contribution is 2.15. The van der Waals surface area contributed by atoms with Gasteiger partial charge in [0.05, 0.1) is 6.61 Å². The van der Waals surface area contributed by atoms with Crippen molar-refractivity contribution in [2.75, 3.05) is 6.61 Å². The van der Waals surface area contributed by atoms with Crippen LogP contribution in [0.2, 0.25) is 0 Å². The first-order valence-corrected chi connectivity index (χ1v) is 7.34. The highest BCUT2D eigenvalue weighted by molar-refractivity contribution is 5.95. The third-order valence-electron chi connectivity index (χ3n) is 3.34. The number of hydrogen-bond acceptors (Lipinski definition) is 2. The van der Waals surface area contributed by atoms with Gasteiger partial charge in [-0.1, -0.05) is 37.3 Å². The van der Waals surface area contributed by atoms with E-state index >= 15 is 0 Å². The normalized spacial score (nSPS) is 10.3. The van der Waals surface area contributed by atoms with Gasteiger partial charge >= 0.3 is 0 Å². The van der Waals surface area contributed by atoms with E-state index in [4.69, 9.17) is 15.9 Å². The minimum Gasteiger partial charge on any atom is -0.494 e. The Morgan fingerprint density at radius 2 is 1.76 bits per heavy atom. The number of ether oxygens (including phenoxy) is 1. The lowest BCUT2D eigenvalue weighted by Gasteiger charge is -2.07. The molecular formula is C18H22N2O. The van der Waals surface area contributed by atoms with Crippen molar-refractivity contribution >= 4 is 5.84 Å². The minimum atomic E-state index is 0.120. The maximum Gasteiger partial charge on any atom is 0.122 e. The zero-order valence-electron chi connectivity index (χ0n) is 12.4. The summed E-state index contributed by atoms with van der Waals surface area (Å²) in [5.41, 5.74) is 8.79. The Morgan fingerprint density at radius 1 is 1.05 bits per heavy atom. The first-order valence-electron chi connectivity index (χ1n) is 7.34. The van der Waals surface area contributed by atoms with Gasteiger partial charge in [0, 0.05) is 5.56 Å². The van der Waals surface area contributed by atoms with Gasteiger partial charge in [-0.2, -0.15) is 0 Å². The molecule has 3 nitrogen and oxygen atoms in total. The quantitative estimate of drug-likeness (QED) is 0.602. The number of benzene rings is 2. The molecule has 0 bridgehead atoms. The number of hydrogen-bond donors (Lipinski definition) is 2. The van der Waals surface area contributed by atoms with Crippen molar-refractivity contribution in [3.63, 3.8) is 0 Å². The van der Waals surface area contributed by atoms with E-state index in [0.717, 1.165) is 37.2 Å². The van der Waals surface area contributed by atoms with Crippen LogP contribution in [0.5, 0.6) is 5.75 Å². The largest absolute Gasteiger partial charge is 0.494 e. The monoisotopic (exact) mass is 282 g/mol. The molecule has 3 N–H and O–H groups in total. The number of aryl methyl sites for hydroxylation is 2. The molecule has 3 heteroatoms. The lowest BCUT2D eigenvalue weighted by atomic mass is 10.0. The van der Waals surface area contributed by atoms with Gasteiger partial charge in [0.1, 0.15) is 11.6 Å². The Balaban J connectivity index is 1.93. The molecule has 0 saturated heterocycles. The zero-order valence-corrected chi connectivity index (χ0v) is 12.4. The summed E-state index contributed by atoms with van der Waals surface area (Å²) in [4.78, 5) is 0. The summed E-state index contributed by atoms with van der Waals surface area (Å²) < 4.78 is 5.58. The van der Waals surface area contributed by atoms with Crippen molar-refractivity contribution in [3.8, 4) is 5.75 Å². The highest BCUT2D eigenvalue weighted by atomic mass is 16.5. The summed E-state index contributed by atoms with van der Waals surface area (Å²) >= 11 is 0. The van der Waals surface area contributed by atoms with Crippen LogP contribution >= 0.6 is 0 Å². The maximum absolute atomic E-state index is 7.47. The number of nitrogens with two attached hydrogens (primary N) is 1. The summed E-state index contributed by atoms with van der Waals surface area (Å²) in [6.07, 6.45) is 2.93. The van der Waals surface area contributed by atoms with Crippen LogP contribution in [0.1, 0.15) is 30.0 Å². The second-order valence-electron chi connectivity index (χ2n) is 5.11. The molecule has 0 atom stereocenters. The van der Waals surface area contributed by atoms with Crippen LogP contribution in [0, 0.1) is 5.41 Å². The molecule has 21 heavy (non-hydrogen) atoms. The average molecular weight is 282 g/mol. The van der Waals surface area contributed by atoms with Gasteiger partial charge in [0.2, 0.25) is 0 Å². The summed E-state index contributed by atoms with van der Waals surface area (Å²) in [6.45, 7) is 2.86. The van der Waals surface area contributed by atoms with Gasteiger partial charge < -0.3 is 10.5 Å². The molecule has 2 aromatic rings. The smallest absolute Gasteiger partial charge is 0.122 e. The van der Waals surface area contributed by atoms with Crippen molar-refractivity contribution in [3.05, 3.63) is 65.2 Å². The predicted octanol–water partition coefficient (Wildman–Crippen LogP) is 3.54. The van der Waals surface area contributed by atoms with Gasteiger partial charge in [0.15, 0.2) is 0 Å². The van der Waals surface area contributed by atoms with Crippen LogP contribution in [-0.2, 0) is 12.8 Å². The topological polar surface area (TPSA) is 59.1 Å². The number of amidine groups is 1. The Morgan fingerprint density at radius 3 is 2.43 bits per heavy atom. The van der Waals surface area contributed by atoms with Crippen molar-refractivity contribution < 1.29 is 4.74 Å². The molecule has 0 spiro atoms. The van der Waals surface area contributed by atoms with Crippen LogP contribution in [0.4, 0.5) is 0 Å². The molecule has 0 heterocycles. The molecule has 0 aliphatic heterocycles. The van der Waals surface area contributed by atoms with Gasteiger partial charge in [-0.05, 0) is 48.6 Å². The number of rotatable bonds is 7. The third kappa shape index (κ3) is 4.63. The average Bonchev–Trinajstić information content (AvgIpc) is 2.52. The first kappa shape index (κ1) is 15.1. The molecule has 0 unspecified atom stereocenters. The van der Waals surface area contributed by atoms with Crippen LogP contribution in [0.3, 0.4) is 0 Å². The molecule has 2 rings (SSSR count). The molecule has 0 aliphatic rings. The van der Waals surface area contributed by atoms with Crippen LogP contribution in [0.15, 0.2) is 48.5 Å². The fraction of sp³-hybridized carbons (Fsp3) is 0.278. The van der Waals surface area contributed by atoms with E-state index in [0.29, 0.717) is 0 Å². The van der Waals surface area contributed by atoms with Gasteiger partial charge in [0.25, 0.3) is 0 Å². The molecule has 0 aliphatic carbocycles. The Bertz CT molecular complexity index is 590. The minimum absolute atomic E-state index is 0.120. The van der Waals surface area contributed by atoms with Crippen molar-refractivity contribution in [1.29, 1.82) is 5.41 Å². The molecule has 0 aromatic heterocycles. The molecule has 0 amide bonds. The van der Waals surface area contributed by atoms with E-state index in [1.165, 1.54) is 11.1 Å². The third-order valence-corrected chi connectivity index (χ3v) is 3.34. The molecule has 110 valence electrons. The number of nitrogen functional groups attached to an aromatic ring is 1. The lowest BCUT2D eigenvalue weighted by molar-refractivity contribution is 0.317. The Kier molecular flexibility index (Phi) is 5.38. The lowest BCUT2D eigenvalue weighted by Crippen LogP contribution is -2.11. The van der Waals surface area contributed by atoms with Gasteiger partial charge in [-0.3, -0.25) is 5.41 Å². The van der Waals surface area contributed by atoms with E-state index < -0.39 is 0 Å². The van der Waals surface area contributed by atoms with Crippen LogP contribution in [-0.4, -0.2) is 12.4 Å². The Hall–Kier alpha value is -2.29. The van der Waals surface area contributed by atoms with Crippen molar-refractivity contribution in [2.24, 2.45) is 5.73 Å². The van der Waals surface area contributed by atoms with Gasteiger partial charge in [-0.15, -0.1) is 0 Å². The molecule has 0 saturated carbocycles. The summed E-state index contributed by atoms with van der Waals surface area (Å²) in [6, 6.07) is 16.2. The fourth-order valence-electron chi connectivity index (χ4n) is 2.16. The first-order chi connectivity index (χ1) is 10.2. The van der Waals surface area contributed by atoms with E-state index in [1.54, 1.807) is 0 Å². The predicted molar refractivity (Wildman–Crippen MR) is 87.1 cm³/mol. The zero-order chi connectivity index (χ0) is 15.1. The second kappa shape index (κ2) is 7.48. The molecule has 0 fully saturated rings. The molecule has 2 aromatic carbocycles. The summed E-state index contributed by atoms with van der Waals surface area (Å²) in [5.74, 6) is 1.05. The second-order valence-corrected chi connectivity index (χ2v) is 5.11. The molecule has 0 radical (unpaired) electrons. The van der Waals surface area contributed by atoms with E-state index in [-0.39, 0.29) is 5.84 Å².